The van der Waals surface area contributed by atoms with Crippen molar-refractivity contribution in [1.82, 2.24) is 4.98 Å². The average Bonchev–Trinajstić information content (AvgIpc) is 2.67. The molecule has 0 saturated heterocycles. The van der Waals surface area contributed by atoms with Gasteiger partial charge in [0.05, 0.1) is 28.4 Å². The van der Waals surface area contributed by atoms with E-state index in [1.165, 1.54) is 25.5 Å². The van der Waals surface area contributed by atoms with Gasteiger partial charge in [0.25, 0.3) is 5.69 Å². The number of carbonyl (C=O) groups excluding carboxylic acids is 1. The molecule has 0 saturated carbocycles. The van der Waals surface area contributed by atoms with Crippen molar-refractivity contribution < 1.29 is 23.9 Å². The number of carbonyl (C=O) groups is 1. The molecule has 28 heavy (non-hydrogen) atoms. The van der Waals surface area contributed by atoms with Gasteiger partial charge in [0.2, 0.25) is 0 Å². The number of ether oxygens (including phenoxy) is 3. The summed E-state index contributed by atoms with van der Waals surface area (Å²) in [5, 5.41) is 14.7. The number of esters is 1. The zero-order chi connectivity index (χ0) is 20.5. The van der Waals surface area contributed by atoms with Crippen LogP contribution < -0.4 is 14.9 Å². The third-order valence-electron chi connectivity index (χ3n) is 3.25. The van der Waals surface area contributed by atoms with Crippen LogP contribution in [0.5, 0.6) is 11.5 Å². The van der Waals surface area contributed by atoms with Crippen molar-refractivity contribution in [1.29, 1.82) is 0 Å². The van der Waals surface area contributed by atoms with Crippen LogP contribution in [0.3, 0.4) is 0 Å². The largest absolute Gasteiger partial charge is 0.490 e. The molecule has 0 spiro atoms. The molecule has 0 aliphatic rings. The summed E-state index contributed by atoms with van der Waals surface area (Å²) in [6, 6.07) is 6.29. The molecule has 148 valence electrons. The van der Waals surface area contributed by atoms with Gasteiger partial charge in [-0.05, 0) is 53.3 Å². The van der Waals surface area contributed by atoms with E-state index in [2.05, 4.69) is 42.8 Å². The van der Waals surface area contributed by atoms with Crippen molar-refractivity contribution in [3.05, 3.63) is 49.7 Å². The first-order chi connectivity index (χ1) is 13.4. The summed E-state index contributed by atoms with van der Waals surface area (Å²) in [6.07, 6.45) is 2.68. The predicted molar refractivity (Wildman–Crippen MR) is 110 cm³/mol. The lowest BCUT2D eigenvalue weighted by atomic mass is 10.2. The Bertz CT molecular complexity index is 873. The number of aromatic nitrogens is 1. The van der Waals surface area contributed by atoms with Gasteiger partial charge < -0.3 is 14.2 Å². The fourth-order valence-corrected chi connectivity index (χ4v) is 2.77. The maximum Gasteiger partial charge on any atom is 0.343 e. The van der Waals surface area contributed by atoms with Gasteiger partial charge in [-0.25, -0.2) is 9.78 Å². The molecule has 1 N–H and O–H groups in total. The van der Waals surface area contributed by atoms with Crippen molar-refractivity contribution in [3.8, 4) is 11.5 Å². The lowest BCUT2D eigenvalue weighted by molar-refractivity contribution is -0.385. The highest BCUT2D eigenvalue weighted by atomic mass is 127. The predicted octanol–water partition coefficient (Wildman–Crippen LogP) is 2.99. The molecule has 1 aromatic carbocycles. The molecule has 1 aromatic heterocycles. The van der Waals surface area contributed by atoms with Gasteiger partial charge in [0.15, 0.2) is 18.1 Å². The average molecular weight is 500 g/mol. The van der Waals surface area contributed by atoms with Crippen molar-refractivity contribution in [2.75, 3.05) is 25.7 Å². The summed E-state index contributed by atoms with van der Waals surface area (Å²) in [6.45, 7) is 2.02. The van der Waals surface area contributed by atoms with Crippen LogP contribution >= 0.6 is 22.6 Å². The molecule has 0 atom stereocenters. The number of pyridine rings is 1. The number of methoxy groups -OCH3 is 1. The molecule has 0 aliphatic heterocycles. The second kappa shape index (κ2) is 10.4. The normalized spacial score (nSPS) is 10.5. The number of rotatable bonds is 9. The third kappa shape index (κ3) is 6.04. The maximum absolute atomic E-state index is 11.3. The fourth-order valence-electron chi connectivity index (χ4n) is 1.99. The molecule has 1 heterocycles. The first-order valence-corrected chi connectivity index (χ1v) is 9.08. The molecule has 11 heteroatoms. The number of anilines is 1. The highest BCUT2D eigenvalue weighted by Gasteiger charge is 2.14. The second-order valence-corrected chi connectivity index (χ2v) is 6.32. The summed E-state index contributed by atoms with van der Waals surface area (Å²) in [4.78, 5) is 25.3. The van der Waals surface area contributed by atoms with E-state index in [4.69, 9.17) is 9.47 Å². The highest BCUT2D eigenvalue weighted by Crippen LogP contribution is 2.34. The smallest absolute Gasteiger partial charge is 0.343 e. The number of nitrogens with one attached hydrogen (secondary N) is 1. The van der Waals surface area contributed by atoms with Crippen molar-refractivity contribution in [2.24, 2.45) is 5.10 Å². The van der Waals surface area contributed by atoms with Crippen LogP contribution in [0.25, 0.3) is 0 Å². The Balaban J connectivity index is 2.12. The maximum atomic E-state index is 11.3. The highest BCUT2D eigenvalue weighted by molar-refractivity contribution is 14.1. The zero-order valence-corrected chi connectivity index (χ0v) is 17.2. The summed E-state index contributed by atoms with van der Waals surface area (Å²) in [5.41, 5.74) is 3.30. The van der Waals surface area contributed by atoms with E-state index in [-0.39, 0.29) is 12.3 Å². The Morgan fingerprint density at radius 2 is 2.18 bits per heavy atom. The fraction of sp³-hybridized carbons (Fsp3) is 0.235. The topological polar surface area (TPSA) is 125 Å². The Kier molecular flexibility index (Phi) is 7.92. The number of hydrazone groups is 1. The van der Waals surface area contributed by atoms with E-state index in [9.17, 15) is 14.9 Å². The Hall–Kier alpha value is -2.96. The summed E-state index contributed by atoms with van der Waals surface area (Å²) < 4.78 is 16.4. The van der Waals surface area contributed by atoms with E-state index < -0.39 is 10.9 Å². The number of hydrogen-bond acceptors (Lipinski definition) is 9. The molecule has 10 nitrogen and oxygen atoms in total. The van der Waals surface area contributed by atoms with E-state index >= 15 is 0 Å². The van der Waals surface area contributed by atoms with Gasteiger partial charge in [-0.2, -0.15) is 5.10 Å². The summed E-state index contributed by atoms with van der Waals surface area (Å²) >= 11 is 2.07. The van der Waals surface area contributed by atoms with Crippen LogP contribution in [0.15, 0.2) is 35.6 Å². The second-order valence-electron chi connectivity index (χ2n) is 5.16. The van der Waals surface area contributed by atoms with Gasteiger partial charge in [0, 0.05) is 6.07 Å². The number of nitro groups is 1. The van der Waals surface area contributed by atoms with Gasteiger partial charge in [-0.15, -0.1) is 0 Å². The zero-order valence-electron chi connectivity index (χ0n) is 15.0. The minimum atomic E-state index is -0.527. The van der Waals surface area contributed by atoms with Crippen LogP contribution in [-0.2, 0) is 9.53 Å². The number of hydrogen-bond donors (Lipinski definition) is 1. The molecule has 0 fully saturated rings. The van der Waals surface area contributed by atoms with E-state index in [0.717, 1.165) is 9.77 Å². The minimum absolute atomic E-state index is 0.104. The van der Waals surface area contributed by atoms with Gasteiger partial charge in [0.1, 0.15) is 12.0 Å². The van der Waals surface area contributed by atoms with Crippen molar-refractivity contribution >= 4 is 46.3 Å². The molecule has 2 aromatic rings. The van der Waals surface area contributed by atoms with Crippen molar-refractivity contribution in [3.63, 3.8) is 0 Å². The van der Waals surface area contributed by atoms with Crippen LogP contribution in [-0.4, -0.2) is 42.4 Å². The summed E-state index contributed by atoms with van der Waals surface area (Å²) in [7, 11) is 1.28. The van der Waals surface area contributed by atoms with Crippen LogP contribution in [0.2, 0.25) is 0 Å². The van der Waals surface area contributed by atoms with E-state index in [1.54, 1.807) is 12.1 Å². The SMILES string of the molecule is CCOc1cc(/C=N/Nc2ccc([N+](=O)[O-])cn2)cc(I)c1OCC(=O)OC. The molecule has 0 aliphatic carbocycles. The standard InChI is InChI=1S/C17H17IN4O6/c1-3-27-14-7-11(6-13(18)17(14)28-10-16(23)26-2)8-20-21-15-5-4-12(9-19-15)22(24)25/h4-9H,3,10H2,1-2H3,(H,19,21)/b20-8+. The lowest BCUT2D eigenvalue weighted by Gasteiger charge is -2.14. The first kappa shape index (κ1) is 21.3. The molecular weight excluding hydrogens is 483 g/mol. The Labute approximate surface area is 174 Å². The number of benzene rings is 1. The minimum Gasteiger partial charge on any atom is -0.490 e. The summed E-state index contributed by atoms with van der Waals surface area (Å²) in [5.74, 6) is 0.770. The van der Waals surface area contributed by atoms with Gasteiger partial charge >= 0.3 is 5.97 Å². The quantitative estimate of drug-likeness (QED) is 0.183. The van der Waals surface area contributed by atoms with Crippen molar-refractivity contribution in [2.45, 2.75) is 6.92 Å². The molecular formula is C17H17IN4O6. The lowest BCUT2D eigenvalue weighted by Crippen LogP contribution is -2.14. The van der Waals surface area contributed by atoms with Gasteiger partial charge in [-0.1, -0.05) is 0 Å². The monoisotopic (exact) mass is 500 g/mol. The molecule has 0 unspecified atom stereocenters. The first-order valence-electron chi connectivity index (χ1n) is 8.00. The molecule has 2 rings (SSSR count). The Morgan fingerprint density at radius 1 is 1.39 bits per heavy atom. The molecule has 0 bridgehead atoms. The van der Waals surface area contributed by atoms with Gasteiger partial charge in [-0.3, -0.25) is 15.5 Å². The van der Waals surface area contributed by atoms with Crippen LogP contribution in [0, 0.1) is 13.7 Å². The number of nitrogens with zero attached hydrogens (tertiary/aromatic N) is 3. The number of halogens is 1. The molecule has 0 amide bonds. The van der Waals surface area contributed by atoms with Crippen LogP contribution in [0.4, 0.5) is 11.5 Å². The third-order valence-corrected chi connectivity index (χ3v) is 4.05. The molecule has 0 radical (unpaired) electrons. The Morgan fingerprint density at radius 3 is 2.79 bits per heavy atom. The van der Waals surface area contributed by atoms with E-state index in [0.29, 0.717) is 29.5 Å². The van der Waals surface area contributed by atoms with Crippen LogP contribution in [0.1, 0.15) is 12.5 Å². The van der Waals surface area contributed by atoms with E-state index in [1.807, 2.05) is 6.92 Å².